The third-order valence-electron chi connectivity index (χ3n) is 3.80. The zero-order chi connectivity index (χ0) is 15.3. The number of ether oxygens (including phenoxy) is 2. The molecule has 116 valence electrons. The first kappa shape index (κ1) is 16.2. The zero-order valence-corrected chi connectivity index (χ0v) is 13.6. The largest absolute Gasteiger partial charge is 0.494 e. The van der Waals surface area contributed by atoms with E-state index in [4.69, 9.17) is 27.4 Å². The predicted molar refractivity (Wildman–Crippen MR) is 88.9 cm³/mol. The minimum atomic E-state index is 0.122. The molecule has 0 radical (unpaired) electrons. The van der Waals surface area contributed by atoms with Crippen LogP contribution in [0.2, 0.25) is 0 Å². The number of rotatable bonds is 6. The maximum Gasteiger partial charge on any atom is 0.119 e. The highest BCUT2D eigenvalue weighted by molar-refractivity contribution is 7.80. The molecule has 2 rings (SSSR count). The van der Waals surface area contributed by atoms with Crippen LogP contribution in [0.5, 0.6) is 5.75 Å². The average Bonchev–Trinajstić information content (AvgIpc) is 2.45. The molecule has 0 aromatic heterocycles. The van der Waals surface area contributed by atoms with Crippen LogP contribution in [0.4, 0.5) is 0 Å². The highest BCUT2D eigenvalue weighted by atomic mass is 32.1. The molecule has 1 aromatic rings. The molecule has 0 bridgehead atoms. The van der Waals surface area contributed by atoms with E-state index in [0.717, 1.165) is 44.0 Å². The molecular weight excluding hydrogens is 284 g/mol. The Kier molecular flexibility index (Phi) is 5.56. The molecule has 0 aliphatic carbocycles. The summed E-state index contributed by atoms with van der Waals surface area (Å²) in [6.45, 7) is 8.80. The van der Waals surface area contributed by atoms with Gasteiger partial charge in [0.1, 0.15) is 10.7 Å². The number of hydrogen-bond acceptors (Lipinski definition) is 4. The van der Waals surface area contributed by atoms with E-state index in [1.54, 1.807) is 0 Å². The first-order chi connectivity index (χ1) is 9.99. The fourth-order valence-corrected chi connectivity index (χ4v) is 2.60. The van der Waals surface area contributed by atoms with Crippen LogP contribution in [0.3, 0.4) is 0 Å². The highest BCUT2D eigenvalue weighted by Crippen LogP contribution is 2.19. The Labute approximate surface area is 132 Å². The Morgan fingerprint density at radius 2 is 2.10 bits per heavy atom. The second-order valence-corrected chi connectivity index (χ2v) is 6.38. The number of morpholine rings is 1. The first-order valence-corrected chi connectivity index (χ1v) is 7.75. The molecule has 1 aromatic carbocycles. The van der Waals surface area contributed by atoms with Crippen LogP contribution >= 0.6 is 12.2 Å². The SMILES string of the molecule is CC1(C)COCCN1CCCOc1ccc(C(N)=S)cc1. The Hall–Kier alpha value is -1.17. The lowest BCUT2D eigenvalue weighted by atomic mass is 10.0. The van der Waals surface area contributed by atoms with Gasteiger partial charge in [0.05, 0.1) is 19.8 Å². The molecule has 0 saturated carbocycles. The van der Waals surface area contributed by atoms with Gasteiger partial charge in [-0.2, -0.15) is 0 Å². The summed E-state index contributed by atoms with van der Waals surface area (Å²) in [5.41, 5.74) is 6.56. The quantitative estimate of drug-likeness (QED) is 0.645. The molecule has 4 nitrogen and oxygen atoms in total. The fourth-order valence-electron chi connectivity index (χ4n) is 2.47. The van der Waals surface area contributed by atoms with E-state index in [9.17, 15) is 0 Å². The molecule has 2 N–H and O–H groups in total. The monoisotopic (exact) mass is 308 g/mol. The molecular formula is C16H24N2O2S. The molecule has 0 atom stereocenters. The van der Waals surface area contributed by atoms with Crippen molar-refractivity contribution >= 4 is 17.2 Å². The van der Waals surface area contributed by atoms with E-state index < -0.39 is 0 Å². The van der Waals surface area contributed by atoms with Crippen molar-refractivity contribution in [3.05, 3.63) is 29.8 Å². The first-order valence-electron chi connectivity index (χ1n) is 7.34. The maximum atomic E-state index is 5.76. The summed E-state index contributed by atoms with van der Waals surface area (Å²) in [4.78, 5) is 2.88. The van der Waals surface area contributed by atoms with Crippen LogP contribution in [-0.4, -0.2) is 48.3 Å². The highest BCUT2D eigenvalue weighted by Gasteiger charge is 2.29. The lowest BCUT2D eigenvalue weighted by Crippen LogP contribution is -2.53. The molecule has 1 saturated heterocycles. The normalized spacial score (nSPS) is 18.4. The molecule has 0 amide bonds. The van der Waals surface area contributed by atoms with E-state index in [2.05, 4.69) is 18.7 Å². The van der Waals surface area contributed by atoms with Gasteiger partial charge < -0.3 is 15.2 Å². The Balaban J connectivity index is 1.73. The number of nitrogens with two attached hydrogens (primary N) is 1. The van der Waals surface area contributed by atoms with Crippen molar-refractivity contribution in [2.24, 2.45) is 5.73 Å². The Morgan fingerprint density at radius 1 is 1.38 bits per heavy atom. The molecule has 5 heteroatoms. The standard InChI is InChI=1S/C16H24N2O2S/c1-16(2)12-19-11-9-18(16)8-3-10-20-14-6-4-13(5-7-14)15(17)21/h4-7H,3,8-12H2,1-2H3,(H2,17,21). The van der Waals surface area contributed by atoms with E-state index in [1.165, 1.54) is 0 Å². The molecule has 1 aliphatic rings. The van der Waals surface area contributed by atoms with Gasteiger partial charge in [-0.15, -0.1) is 0 Å². The van der Waals surface area contributed by atoms with Gasteiger partial charge in [-0.3, -0.25) is 4.90 Å². The van der Waals surface area contributed by atoms with Crippen molar-refractivity contribution < 1.29 is 9.47 Å². The van der Waals surface area contributed by atoms with E-state index in [-0.39, 0.29) is 5.54 Å². The number of hydrogen-bond donors (Lipinski definition) is 1. The van der Waals surface area contributed by atoms with Gasteiger partial charge in [0.15, 0.2) is 0 Å². The summed E-state index contributed by atoms with van der Waals surface area (Å²) in [6.07, 6.45) is 1.00. The van der Waals surface area contributed by atoms with Gasteiger partial charge in [-0.25, -0.2) is 0 Å². The van der Waals surface area contributed by atoms with Crippen LogP contribution in [0.1, 0.15) is 25.8 Å². The number of nitrogens with zero attached hydrogens (tertiary/aromatic N) is 1. The van der Waals surface area contributed by atoms with E-state index >= 15 is 0 Å². The smallest absolute Gasteiger partial charge is 0.119 e. The topological polar surface area (TPSA) is 47.7 Å². The maximum absolute atomic E-state index is 5.76. The van der Waals surface area contributed by atoms with Crippen molar-refractivity contribution in [3.63, 3.8) is 0 Å². The van der Waals surface area contributed by atoms with Crippen LogP contribution in [0.15, 0.2) is 24.3 Å². The van der Waals surface area contributed by atoms with Crippen LogP contribution in [0, 0.1) is 0 Å². The molecule has 1 heterocycles. The second kappa shape index (κ2) is 7.20. The second-order valence-electron chi connectivity index (χ2n) is 5.94. The summed E-state index contributed by atoms with van der Waals surface area (Å²) in [5.74, 6) is 0.858. The van der Waals surface area contributed by atoms with Crippen LogP contribution in [-0.2, 0) is 4.74 Å². The summed E-state index contributed by atoms with van der Waals surface area (Å²) < 4.78 is 11.3. The van der Waals surface area contributed by atoms with Gasteiger partial charge in [0.2, 0.25) is 0 Å². The average molecular weight is 308 g/mol. The summed E-state index contributed by atoms with van der Waals surface area (Å²) in [5, 5.41) is 0. The van der Waals surface area contributed by atoms with Gasteiger partial charge >= 0.3 is 0 Å². The molecule has 21 heavy (non-hydrogen) atoms. The number of thiocarbonyl (C=S) groups is 1. The van der Waals surface area contributed by atoms with Crippen LogP contribution < -0.4 is 10.5 Å². The molecule has 0 unspecified atom stereocenters. The minimum Gasteiger partial charge on any atom is -0.494 e. The van der Waals surface area contributed by atoms with E-state index in [1.807, 2.05) is 24.3 Å². The summed E-state index contributed by atoms with van der Waals surface area (Å²) >= 11 is 4.93. The minimum absolute atomic E-state index is 0.122. The van der Waals surface area contributed by atoms with Crippen molar-refractivity contribution in [1.29, 1.82) is 0 Å². The lowest BCUT2D eigenvalue weighted by molar-refractivity contribution is -0.0521. The van der Waals surface area contributed by atoms with Crippen molar-refractivity contribution in [3.8, 4) is 5.75 Å². The Morgan fingerprint density at radius 3 is 2.71 bits per heavy atom. The fraction of sp³-hybridized carbons (Fsp3) is 0.562. The lowest BCUT2D eigenvalue weighted by Gasteiger charge is -2.42. The van der Waals surface area contributed by atoms with Crippen molar-refractivity contribution in [1.82, 2.24) is 4.90 Å². The predicted octanol–water partition coefficient (Wildman–Crippen LogP) is 2.20. The zero-order valence-electron chi connectivity index (χ0n) is 12.8. The number of benzene rings is 1. The van der Waals surface area contributed by atoms with Gasteiger partial charge in [0.25, 0.3) is 0 Å². The third kappa shape index (κ3) is 4.66. The van der Waals surface area contributed by atoms with Crippen molar-refractivity contribution in [2.75, 3.05) is 32.9 Å². The van der Waals surface area contributed by atoms with Gasteiger partial charge in [-0.05, 0) is 44.5 Å². The molecule has 0 spiro atoms. The summed E-state index contributed by atoms with van der Waals surface area (Å²) in [7, 11) is 0. The van der Waals surface area contributed by atoms with Gasteiger partial charge in [-0.1, -0.05) is 12.2 Å². The van der Waals surface area contributed by atoms with Crippen molar-refractivity contribution in [2.45, 2.75) is 25.8 Å². The Bertz CT molecular complexity index is 474. The molecule has 1 aliphatic heterocycles. The van der Waals surface area contributed by atoms with Crippen LogP contribution in [0.25, 0.3) is 0 Å². The summed E-state index contributed by atoms with van der Waals surface area (Å²) in [6, 6.07) is 7.60. The molecule has 1 fully saturated rings. The third-order valence-corrected chi connectivity index (χ3v) is 4.03. The van der Waals surface area contributed by atoms with Gasteiger partial charge in [0, 0.05) is 24.2 Å². The van der Waals surface area contributed by atoms with E-state index in [0.29, 0.717) is 11.6 Å².